The zero-order chi connectivity index (χ0) is 24.2. The summed E-state index contributed by atoms with van der Waals surface area (Å²) in [5.74, 6) is -2.10. The van der Waals surface area contributed by atoms with Gasteiger partial charge in [0.2, 0.25) is 0 Å². The van der Waals surface area contributed by atoms with Crippen molar-refractivity contribution in [1.82, 2.24) is 0 Å². The largest absolute Gasteiger partial charge is 0.332 e. The van der Waals surface area contributed by atoms with E-state index in [1.54, 1.807) is 23.9 Å². The number of hydrogen-bond donors (Lipinski definition) is 0. The normalized spacial score (nSPS) is 12.0. The van der Waals surface area contributed by atoms with Crippen LogP contribution in [-0.2, 0) is 28.9 Å². The maximum absolute atomic E-state index is 11.4. The molecule has 0 radical (unpaired) electrons. The zero-order valence-electron chi connectivity index (χ0n) is 18.2. The van der Waals surface area contributed by atoms with E-state index in [4.69, 9.17) is 9.68 Å². The van der Waals surface area contributed by atoms with E-state index in [9.17, 15) is 14.4 Å². The highest BCUT2D eigenvalue weighted by Crippen LogP contribution is 2.27. The van der Waals surface area contributed by atoms with Crippen molar-refractivity contribution in [2.75, 3.05) is 0 Å². The number of oxime groups is 3. The average molecular weight is 468 g/mol. The molecule has 0 saturated carbocycles. The summed E-state index contributed by atoms with van der Waals surface area (Å²) in [5.41, 5.74) is 0.219. The predicted molar refractivity (Wildman–Crippen MR) is 124 cm³/mol. The van der Waals surface area contributed by atoms with E-state index in [2.05, 4.69) is 26.9 Å². The molecule has 0 aliphatic rings. The van der Waals surface area contributed by atoms with Gasteiger partial charge in [-0.1, -0.05) is 64.1 Å². The van der Waals surface area contributed by atoms with Gasteiger partial charge in [-0.15, -0.1) is 0 Å². The number of carbonyl (C=O) groups is 3. The van der Waals surface area contributed by atoms with Gasteiger partial charge >= 0.3 is 17.9 Å². The molecule has 0 amide bonds. The first-order valence-corrected chi connectivity index (χ1v) is 10.3. The minimum atomic E-state index is -0.718. The minimum absolute atomic E-state index is 0.00601. The van der Waals surface area contributed by atoms with Crippen LogP contribution in [0.15, 0.2) is 92.5 Å². The molecule has 0 fully saturated rings. The predicted octanol–water partition coefficient (Wildman–Crippen LogP) is 4.13. The average Bonchev–Trinajstić information content (AvgIpc) is 2.78. The van der Waals surface area contributed by atoms with E-state index in [1.165, 1.54) is 13.0 Å². The second-order valence-electron chi connectivity index (χ2n) is 6.25. The summed E-state index contributed by atoms with van der Waals surface area (Å²) < 4.78 is 0. The van der Waals surface area contributed by atoms with Crippen LogP contribution in [0.25, 0.3) is 0 Å². The first-order chi connectivity index (χ1) is 15.8. The van der Waals surface area contributed by atoms with Crippen LogP contribution in [-0.4, -0.2) is 35.0 Å². The molecule has 0 heterocycles. The number of carbonyl (C=O) groups excluding carboxylic acids is 3. The third-order valence-corrected chi connectivity index (χ3v) is 4.59. The molecule has 0 aliphatic carbocycles. The SMILES string of the molecule is C=CC(=N\OC(C)=O)/C(=N\OC(C)=O)C(=N/OC(C)=O)/c1ccc(Sc2ccccc2)cc1. The monoisotopic (exact) mass is 467 g/mol. The third kappa shape index (κ3) is 8.54. The smallest absolute Gasteiger partial charge is 0.318 e. The van der Waals surface area contributed by atoms with Crippen molar-refractivity contribution in [3.05, 3.63) is 72.8 Å². The molecule has 0 unspecified atom stereocenters. The molecule has 0 aliphatic heterocycles. The fourth-order valence-electron chi connectivity index (χ4n) is 2.26. The van der Waals surface area contributed by atoms with E-state index in [-0.39, 0.29) is 17.1 Å². The second-order valence-corrected chi connectivity index (χ2v) is 7.40. The maximum Gasteiger partial charge on any atom is 0.332 e. The van der Waals surface area contributed by atoms with E-state index >= 15 is 0 Å². The quantitative estimate of drug-likeness (QED) is 0.309. The Morgan fingerprint density at radius 2 is 1.27 bits per heavy atom. The fourth-order valence-corrected chi connectivity index (χ4v) is 3.10. The lowest BCUT2D eigenvalue weighted by atomic mass is 10.0. The van der Waals surface area contributed by atoms with Crippen molar-refractivity contribution < 1.29 is 28.9 Å². The molecule has 9 nitrogen and oxygen atoms in total. The van der Waals surface area contributed by atoms with Crippen molar-refractivity contribution in [3.8, 4) is 0 Å². The highest BCUT2D eigenvalue weighted by molar-refractivity contribution is 7.99. The van der Waals surface area contributed by atoms with Gasteiger partial charge in [-0.25, -0.2) is 14.4 Å². The van der Waals surface area contributed by atoms with Crippen molar-refractivity contribution >= 4 is 46.8 Å². The van der Waals surface area contributed by atoms with E-state index < -0.39 is 17.9 Å². The van der Waals surface area contributed by atoms with Crippen LogP contribution in [0.4, 0.5) is 0 Å². The number of benzene rings is 2. The van der Waals surface area contributed by atoms with Gasteiger partial charge in [-0.05, 0) is 30.3 Å². The number of rotatable bonds is 9. The van der Waals surface area contributed by atoms with Crippen LogP contribution in [0.2, 0.25) is 0 Å². The van der Waals surface area contributed by atoms with Gasteiger partial charge < -0.3 is 14.5 Å². The lowest BCUT2D eigenvalue weighted by molar-refractivity contribution is -0.142. The van der Waals surface area contributed by atoms with Crippen LogP contribution in [0, 0.1) is 0 Å². The Morgan fingerprint density at radius 1 is 0.758 bits per heavy atom. The van der Waals surface area contributed by atoms with E-state index in [1.807, 2.05) is 42.5 Å². The standard InChI is InChI=1S/C23H21N3O6S/c1-5-21(24-30-15(2)27)23(26-32-17(4)29)22(25-31-16(3)28)18-11-13-20(14-12-18)33-19-9-7-6-8-10-19/h5-14H,1H2,2-4H3/b24-21+,25-22+,26-23+. The van der Waals surface area contributed by atoms with Crippen molar-refractivity contribution in [3.63, 3.8) is 0 Å². The first kappa shape index (κ1) is 25.2. The summed E-state index contributed by atoms with van der Waals surface area (Å²) >= 11 is 1.55. The molecule has 2 aromatic carbocycles. The zero-order valence-corrected chi connectivity index (χ0v) is 19.0. The Morgan fingerprint density at radius 3 is 1.82 bits per heavy atom. The molecule has 0 bridgehead atoms. The van der Waals surface area contributed by atoms with E-state index in [0.717, 1.165) is 23.6 Å². The Bertz CT molecular complexity index is 1110. The van der Waals surface area contributed by atoms with Gasteiger partial charge in [0.15, 0.2) is 5.71 Å². The van der Waals surface area contributed by atoms with Gasteiger partial charge in [0, 0.05) is 36.1 Å². The van der Waals surface area contributed by atoms with Crippen molar-refractivity contribution in [2.45, 2.75) is 30.6 Å². The second kappa shape index (κ2) is 12.7. The molecular weight excluding hydrogens is 446 g/mol. The molecule has 0 saturated heterocycles. The molecular formula is C23H21N3O6S. The molecule has 10 heteroatoms. The summed E-state index contributed by atoms with van der Waals surface area (Å²) in [6.45, 7) is 7.09. The molecule has 0 atom stereocenters. The molecule has 2 aromatic rings. The highest BCUT2D eigenvalue weighted by Gasteiger charge is 2.21. The van der Waals surface area contributed by atoms with Crippen LogP contribution >= 0.6 is 11.8 Å². The van der Waals surface area contributed by atoms with Crippen molar-refractivity contribution in [2.24, 2.45) is 15.5 Å². The van der Waals surface area contributed by atoms with Crippen LogP contribution in [0.1, 0.15) is 26.3 Å². The Kier molecular flexibility index (Phi) is 9.72. The Hall–Kier alpha value is -4.05. The molecule has 0 spiro atoms. The van der Waals surface area contributed by atoms with Crippen molar-refractivity contribution in [1.29, 1.82) is 0 Å². The number of nitrogens with zero attached hydrogens (tertiary/aromatic N) is 3. The summed E-state index contributed by atoms with van der Waals surface area (Å²) in [6.07, 6.45) is 1.22. The van der Waals surface area contributed by atoms with E-state index in [0.29, 0.717) is 5.56 Å². The highest BCUT2D eigenvalue weighted by atomic mass is 32.2. The number of allylic oxidation sites excluding steroid dienone is 1. The van der Waals surface area contributed by atoms with Gasteiger partial charge in [0.1, 0.15) is 11.4 Å². The van der Waals surface area contributed by atoms with Gasteiger partial charge in [-0.3, -0.25) is 0 Å². The van der Waals surface area contributed by atoms with Crippen LogP contribution in [0.3, 0.4) is 0 Å². The lowest BCUT2D eigenvalue weighted by Gasteiger charge is -2.10. The summed E-state index contributed by atoms with van der Waals surface area (Å²) in [5, 5.41) is 11.3. The van der Waals surface area contributed by atoms with Crippen LogP contribution in [0.5, 0.6) is 0 Å². The Balaban J connectivity index is 2.51. The number of hydrogen-bond acceptors (Lipinski definition) is 10. The molecule has 170 valence electrons. The van der Waals surface area contributed by atoms with Gasteiger partial charge in [-0.2, -0.15) is 0 Å². The molecule has 2 rings (SSSR count). The molecule has 33 heavy (non-hydrogen) atoms. The first-order valence-electron chi connectivity index (χ1n) is 9.53. The molecule has 0 aromatic heterocycles. The molecule has 0 N–H and O–H groups in total. The fraction of sp³-hybridized carbons (Fsp3) is 0.130. The maximum atomic E-state index is 11.4. The summed E-state index contributed by atoms with van der Waals surface area (Å²) in [6, 6.07) is 16.9. The van der Waals surface area contributed by atoms with Gasteiger partial charge in [0.05, 0.1) is 0 Å². The lowest BCUT2D eigenvalue weighted by Crippen LogP contribution is -2.26. The Labute approximate surface area is 194 Å². The summed E-state index contributed by atoms with van der Waals surface area (Å²) in [7, 11) is 0. The van der Waals surface area contributed by atoms with Crippen LogP contribution < -0.4 is 0 Å². The minimum Gasteiger partial charge on any atom is -0.318 e. The topological polar surface area (TPSA) is 116 Å². The summed E-state index contributed by atoms with van der Waals surface area (Å²) in [4.78, 5) is 50.2. The van der Waals surface area contributed by atoms with Gasteiger partial charge in [0.25, 0.3) is 0 Å². The third-order valence-electron chi connectivity index (χ3n) is 3.57.